The largest absolute Gasteiger partial charge is 0.321 e. The molecular weight excluding hydrogens is 446 g/mol. The van der Waals surface area contributed by atoms with Crippen molar-refractivity contribution in [2.45, 2.75) is 17.8 Å². The van der Waals surface area contributed by atoms with Crippen molar-refractivity contribution in [1.82, 2.24) is 9.97 Å². The van der Waals surface area contributed by atoms with Gasteiger partial charge in [0.05, 0.1) is 4.47 Å². The molecule has 1 aromatic heterocycles. The van der Waals surface area contributed by atoms with Gasteiger partial charge in [0, 0.05) is 17.6 Å². The highest BCUT2D eigenvalue weighted by atomic mass is 79.9. The van der Waals surface area contributed by atoms with E-state index in [1.54, 1.807) is 6.20 Å². The highest BCUT2D eigenvalue weighted by molar-refractivity contribution is 9.10. The number of carbonyl (C=O) groups is 1. The molecule has 144 valence electrons. The van der Waals surface area contributed by atoms with Crippen LogP contribution in [0.5, 0.6) is 0 Å². The van der Waals surface area contributed by atoms with Crippen molar-refractivity contribution in [3.05, 3.63) is 94.2 Å². The van der Waals surface area contributed by atoms with Crippen LogP contribution in [0.3, 0.4) is 0 Å². The Hall–Kier alpha value is -2.70. The number of anilines is 1. The van der Waals surface area contributed by atoms with Gasteiger partial charge in [-0.25, -0.2) is 9.97 Å². The molecule has 0 aliphatic heterocycles. The molecule has 0 fully saturated rings. The molecule has 4 nitrogen and oxygen atoms in total. The summed E-state index contributed by atoms with van der Waals surface area (Å²) in [5, 5.41) is 5.70. The maximum atomic E-state index is 12.8. The molecule has 0 unspecified atom stereocenters. The van der Waals surface area contributed by atoms with Gasteiger partial charge >= 0.3 is 0 Å². The van der Waals surface area contributed by atoms with Crippen LogP contribution in [-0.2, 0) is 5.75 Å². The highest BCUT2D eigenvalue weighted by Crippen LogP contribution is 2.24. The van der Waals surface area contributed by atoms with Gasteiger partial charge in [0.15, 0.2) is 5.16 Å². The van der Waals surface area contributed by atoms with Crippen LogP contribution in [0.25, 0.3) is 10.8 Å². The molecule has 1 amide bonds. The van der Waals surface area contributed by atoms with Crippen LogP contribution >= 0.6 is 27.7 Å². The Kier molecular flexibility index (Phi) is 5.92. The van der Waals surface area contributed by atoms with Crippen LogP contribution in [-0.4, -0.2) is 15.9 Å². The molecule has 6 heteroatoms. The predicted octanol–water partition coefficient (Wildman–Crippen LogP) is 6.25. The third kappa shape index (κ3) is 4.83. The molecule has 4 rings (SSSR count). The normalized spacial score (nSPS) is 10.8. The number of nitrogens with zero attached hydrogens (tertiary/aromatic N) is 2. The van der Waals surface area contributed by atoms with Crippen LogP contribution in [0, 0.1) is 6.92 Å². The van der Waals surface area contributed by atoms with E-state index in [4.69, 9.17) is 0 Å². The lowest BCUT2D eigenvalue weighted by molar-refractivity contribution is 0.102. The predicted molar refractivity (Wildman–Crippen MR) is 122 cm³/mol. The summed E-state index contributed by atoms with van der Waals surface area (Å²) in [4.78, 5) is 21.6. The van der Waals surface area contributed by atoms with Crippen LogP contribution < -0.4 is 5.32 Å². The Bertz CT molecular complexity index is 1180. The molecule has 0 atom stereocenters. The number of amides is 1. The van der Waals surface area contributed by atoms with Crippen molar-refractivity contribution in [2.75, 3.05) is 5.32 Å². The van der Waals surface area contributed by atoms with E-state index in [1.165, 1.54) is 22.9 Å². The fraction of sp³-hybridized carbons (Fsp3) is 0.0870. The van der Waals surface area contributed by atoms with Crippen molar-refractivity contribution < 1.29 is 4.79 Å². The number of hydrogen-bond donors (Lipinski definition) is 1. The Morgan fingerprint density at radius 1 is 1.03 bits per heavy atom. The molecule has 0 radical (unpaired) electrons. The maximum absolute atomic E-state index is 12.8. The molecule has 0 aliphatic carbocycles. The zero-order valence-electron chi connectivity index (χ0n) is 15.7. The summed E-state index contributed by atoms with van der Waals surface area (Å²) < 4.78 is 0.565. The van der Waals surface area contributed by atoms with Crippen LogP contribution in [0.1, 0.15) is 21.6 Å². The van der Waals surface area contributed by atoms with Crippen molar-refractivity contribution in [2.24, 2.45) is 0 Å². The monoisotopic (exact) mass is 463 g/mol. The molecule has 0 spiro atoms. The Balaban J connectivity index is 1.49. The molecule has 4 aromatic rings. The molecule has 0 saturated carbocycles. The van der Waals surface area contributed by atoms with E-state index in [9.17, 15) is 4.79 Å². The van der Waals surface area contributed by atoms with Crippen molar-refractivity contribution in [3.8, 4) is 0 Å². The van der Waals surface area contributed by atoms with Gasteiger partial charge in [-0.3, -0.25) is 4.79 Å². The number of thioether (sulfide) groups is 1. The summed E-state index contributed by atoms with van der Waals surface area (Å²) >= 11 is 4.90. The molecule has 3 aromatic carbocycles. The van der Waals surface area contributed by atoms with E-state index < -0.39 is 0 Å². The molecule has 1 heterocycles. The number of halogens is 1. The third-order valence-corrected chi connectivity index (χ3v) is 5.95. The van der Waals surface area contributed by atoms with Gasteiger partial charge in [-0.2, -0.15) is 0 Å². The van der Waals surface area contributed by atoms with Crippen molar-refractivity contribution in [1.29, 1.82) is 0 Å². The topological polar surface area (TPSA) is 54.9 Å². The third-order valence-electron chi connectivity index (χ3n) is 4.43. The van der Waals surface area contributed by atoms with Gasteiger partial charge in [0.25, 0.3) is 5.91 Å². The lowest BCUT2D eigenvalue weighted by atomic mass is 10.1. The molecule has 0 bridgehead atoms. The molecule has 1 N–H and O–H groups in total. The van der Waals surface area contributed by atoms with E-state index in [0.717, 1.165) is 22.2 Å². The SMILES string of the molecule is Cc1ccc(CSc2ncc(Br)c(C(=O)Nc3ccc4ccccc4c3)n2)cc1. The average Bonchev–Trinajstić information content (AvgIpc) is 2.74. The first-order valence-corrected chi connectivity index (χ1v) is 10.9. The Morgan fingerprint density at radius 3 is 2.59 bits per heavy atom. The van der Waals surface area contributed by atoms with Crippen molar-refractivity contribution >= 4 is 50.1 Å². The average molecular weight is 464 g/mol. The second-order valence-corrected chi connectivity index (χ2v) is 8.44. The van der Waals surface area contributed by atoms with Gasteiger partial charge in [0.2, 0.25) is 0 Å². The van der Waals surface area contributed by atoms with Crippen LogP contribution in [0.15, 0.2) is 82.6 Å². The van der Waals surface area contributed by atoms with Gasteiger partial charge in [0.1, 0.15) is 5.69 Å². The Morgan fingerprint density at radius 2 is 1.79 bits per heavy atom. The molecule has 29 heavy (non-hydrogen) atoms. The first-order chi connectivity index (χ1) is 14.1. The van der Waals surface area contributed by atoms with Gasteiger partial charge in [-0.15, -0.1) is 0 Å². The number of benzene rings is 3. The first-order valence-electron chi connectivity index (χ1n) is 9.09. The lowest BCUT2D eigenvalue weighted by Crippen LogP contribution is -2.15. The smallest absolute Gasteiger partial charge is 0.275 e. The second-order valence-electron chi connectivity index (χ2n) is 6.64. The highest BCUT2D eigenvalue weighted by Gasteiger charge is 2.15. The van der Waals surface area contributed by atoms with Crippen LogP contribution in [0.4, 0.5) is 5.69 Å². The zero-order valence-corrected chi connectivity index (χ0v) is 18.1. The Labute approximate surface area is 181 Å². The summed E-state index contributed by atoms with van der Waals surface area (Å²) in [6.45, 7) is 2.06. The number of nitrogens with one attached hydrogen (secondary N) is 1. The van der Waals surface area contributed by atoms with E-state index >= 15 is 0 Å². The van der Waals surface area contributed by atoms with Crippen molar-refractivity contribution in [3.63, 3.8) is 0 Å². The summed E-state index contributed by atoms with van der Waals surface area (Å²) in [5.41, 5.74) is 3.47. The van der Waals surface area contributed by atoms with E-state index in [1.807, 2.05) is 42.5 Å². The molecule has 0 saturated heterocycles. The molecular formula is C23H18BrN3OS. The fourth-order valence-electron chi connectivity index (χ4n) is 2.87. The quantitative estimate of drug-likeness (QED) is 0.280. The van der Waals surface area contributed by atoms with Gasteiger partial charge < -0.3 is 5.32 Å². The molecule has 0 aliphatic rings. The maximum Gasteiger partial charge on any atom is 0.275 e. The summed E-state index contributed by atoms with van der Waals surface area (Å²) in [6.07, 6.45) is 1.62. The number of aromatic nitrogens is 2. The summed E-state index contributed by atoms with van der Waals surface area (Å²) in [5.74, 6) is 0.472. The second kappa shape index (κ2) is 8.76. The van der Waals surface area contributed by atoms with Crippen LogP contribution in [0.2, 0.25) is 0 Å². The van der Waals surface area contributed by atoms with E-state index in [0.29, 0.717) is 15.3 Å². The number of carbonyl (C=O) groups excluding carboxylic acids is 1. The minimum atomic E-state index is -0.272. The minimum Gasteiger partial charge on any atom is -0.321 e. The lowest BCUT2D eigenvalue weighted by Gasteiger charge is -2.09. The fourth-order valence-corrected chi connectivity index (χ4v) is 4.01. The number of rotatable bonds is 5. The van der Waals surface area contributed by atoms with Gasteiger partial charge in [-0.1, -0.05) is 71.9 Å². The number of aryl methyl sites for hydroxylation is 1. The van der Waals surface area contributed by atoms with E-state index in [2.05, 4.69) is 62.4 Å². The summed E-state index contributed by atoms with van der Waals surface area (Å²) in [7, 11) is 0. The first kappa shape index (κ1) is 19.6. The van der Waals surface area contributed by atoms with E-state index in [-0.39, 0.29) is 5.91 Å². The number of fused-ring (bicyclic) bond motifs is 1. The van der Waals surface area contributed by atoms with Gasteiger partial charge in [-0.05, 0) is 51.3 Å². The standard InChI is InChI=1S/C23H18BrN3OS/c1-15-6-8-16(9-7-15)14-29-23-25-13-20(24)21(27-23)22(28)26-19-11-10-17-4-2-3-5-18(17)12-19/h2-13H,14H2,1H3,(H,26,28). The minimum absolute atomic E-state index is 0.272. The summed E-state index contributed by atoms with van der Waals surface area (Å²) in [6, 6.07) is 22.2. The zero-order chi connectivity index (χ0) is 20.2. The number of hydrogen-bond acceptors (Lipinski definition) is 4.